The van der Waals surface area contributed by atoms with Gasteiger partial charge in [0.25, 0.3) is 0 Å². The Kier molecular flexibility index (Phi) is 32.1. The number of rotatable bonds is 40. The van der Waals surface area contributed by atoms with Gasteiger partial charge in [-0.25, -0.2) is 4.79 Å². The highest BCUT2D eigenvalue weighted by Gasteiger charge is 2.36. The number of aromatic hydroxyl groups is 1. The van der Waals surface area contributed by atoms with E-state index in [1.807, 2.05) is 0 Å². The second-order valence-corrected chi connectivity index (χ2v) is 19.9. The summed E-state index contributed by atoms with van der Waals surface area (Å²) in [4.78, 5) is 184. The van der Waals surface area contributed by atoms with Gasteiger partial charge >= 0.3 is 17.9 Å². The number of aliphatic hydroxyl groups excluding tert-OH is 1. The minimum Gasteiger partial charge on any atom is -0.508 e. The highest BCUT2D eigenvalue weighted by molar-refractivity contribution is 5.99. The number of carboxylic acids is 3. The molecule has 1 aromatic carbocycles. The monoisotopic (exact) mass is 1190 g/mol. The number of carbonyl (C=O) groups excluding carboxylic acids is 11. The number of nitrogens with zero attached hydrogens (tertiary/aromatic N) is 1. The van der Waals surface area contributed by atoms with Crippen molar-refractivity contribution >= 4 is 88.8 Å². The smallest absolute Gasteiger partial charge is 0.326 e. The maximum Gasteiger partial charge on any atom is 0.326 e. The van der Waals surface area contributed by atoms with Crippen LogP contribution in [-0.2, 0) is 73.5 Å². The van der Waals surface area contributed by atoms with Crippen molar-refractivity contribution < 1.29 is 92.7 Å². The van der Waals surface area contributed by atoms with E-state index in [9.17, 15) is 92.7 Å². The molecule has 34 nitrogen and oxygen atoms in total. The molecular weight excluding hydrogens is 1110 g/mol. The molecule has 0 bridgehead atoms. The van der Waals surface area contributed by atoms with Gasteiger partial charge in [-0.2, -0.15) is 0 Å². The molecule has 0 spiro atoms. The third kappa shape index (κ3) is 29.5. The average molecular weight is 1190 g/mol. The van der Waals surface area contributed by atoms with Crippen molar-refractivity contribution in [1.29, 1.82) is 0 Å². The molecule has 10 atom stereocenters. The minimum absolute atomic E-state index is 0.0628. The van der Waals surface area contributed by atoms with Gasteiger partial charge in [0.05, 0.1) is 18.7 Å². The van der Waals surface area contributed by atoms with Gasteiger partial charge in [-0.15, -0.1) is 0 Å². The lowest BCUT2D eigenvalue weighted by Crippen LogP contribution is -2.61. The van der Waals surface area contributed by atoms with Crippen molar-refractivity contribution in [3.63, 3.8) is 0 Å². The zero-order chi connectivity index (χ0) is 64.0. The largest absolute Gasteiger partial charge is 0.508 e. The highest BCUT2D eigenvalue weighted by atomic mass is 16.4. The van der Waals surface area contributed by atoms with Crippen LogP contribution in [0.2, 0.25) is 0 Å². The number of phenols is 1. The van der Waals surface area contributed by atoms with Crippen molar-refractivity contribution in [2.75, 3.05) is 13.1 Å². The van der Waals surface area contributed by atoms with Crippen LogP contribution in [0.25, 0.3) is 0 Å². The maximum absolute atomic E-state index is 14.1. The highest BCUT2D eigenvalue weighted by Crippen LogP contribution is 2.13. The van der Waals surface area contributed by atoms with Gasteiger partial charge in [-0.1, -0.05) is 26.0 Å². The first kappa shape index (κ1) is 72.8. The number of carbonyl (C=O) groups is 14. The van der Waals surface area contributed by atoms with Gasteiger partial charge in [-0.3, -0.25) is 67.3 Å². The lowest BCUT2D eigenvalue weighted by atomic mass is 10.0. The van der Waals surface area contributed by atoms with E-state index in [0.717, 1.165) is 13.8 Å². The topological polar surface area (TPSA) is 591 Å². The summed E-state index contributed by atoms with van der Waals surface area (Å²) in [7, 11) is 0. The zero-order valence-corrected chi connectivity index (χ0v) is 46.8. The summed E-state index contributed by atoms with van der Waals surface area (Å²) in [5, 5.41) is 69.1. The number of hydrogen-bond donors (Lipinski definition) is 19. The predicted molar refractivity (Wildman–Crippen MR) is 293 cm³/mol. The molecule has 0 aliphatic heterocycles. The lowest BCUT2D eigenvalue weighted by molar-refractivity contribution is -0.142. The molecule has 24 N–H and O–H groups in total. The summed E-state index contributed by atoms with van der Waals surface area (Å²) in [6.45, 7) is 4.79. The molecule has 0 radical (unpaired) electrons. The third-order valence-electron chi connectivity index (χ3n) is 12.1. The molecule has 34 heteroatoms. The summed E-state index contributed by atoms with van der Waals surface area (Å²) >= 11 is 0. The summed E-state index contributed by atoms with van der Waals surface area (Å²) in [5.74, 6) is -16.7. The van der Waals surface area contributed by atoms with Crippen molar-refractivity contribution in [2.24, 2.45) is 39.6 Å². The third-order valence-corrected chi connectivity index (χ3v) is 12.1. The van der Waals surface area contributed by atoms with Gasteiger partial charge < -0.3 is 102 Å². The number of aliphatic carboxylic acids is 3. The number of carboxylic acid groups (broad SMARTS) is 3. The average Bonchev–Trinajstić information content (AvgIpc) is 3.54. The Hall–Kier alpha value is -9.21. The van der Waals surface area contributed by atoms with E-state index in [-0.39, 0.29) is 43.9 Å². The number of nitrogens with one attached hydrogen (secondary N) is 9. The van der Waals surface area contributed by atoms with E-state index in [0.29, 0.717) is 5.56 Å². The minimum atomic E-state index is -1.88. The van der Waals surface area contributed by atoms with Crippen LogP contribution in [0.5, 0.6) is 5.75 Å². The first-order valence-electron chi connectivity index (χ1n) is 26.4. The van der Waals surface area contributed by atoms with Crippen molar-refractivity contribution in [3.8, 4) is 5.75 Å². The number of primary amides is 2. The molecule has 0 aliphatic rings. The van der Waals surface area contributed by atoms with Crippen LogP contribution in [-0.4, -0.2) is 188 Å². The number of guanidine groups is 1. The number of amides is 11. The molecule has 84 heavy (non-hydrogen) atoms. The van der Waals surface area contributed by atoms with Crippen molar-refractivity contribution in [2.45, 2.75) is 165 Å². The number of aliphatic imine (C=N–C) groups is 1. The predicted octanol–water partition coefficient (Wildman–Crippen LogP) is -6.90. The molecule has 468 valence electrons. The number of benzene rings is 1. The Morgan fingerprint density at radius 1 is 0.512 bits per heavy atom. The van der Waals surface area contributed by atoms with E-state index in [1.54, 1.807) is 13.8 Å². The van der Waals surface area contributed by atoms with Crippen molar-refractivity contribution in [1.82, 2.24) is 47.9 Å². The lowest BCUT2D eigenvalue weighted by Gasteiger charge is -2.28. The first-order valence-corrected chi connectivity index (χ1v) is 26.4. The van der Waals surface area contributed by atoms with Gasteiger partial charge in [0.2, 0.25) is 65.0 Å². The van der Waals surface area contributed by atoms with Gasteiger partial charge in [0, 0.05) is 32.2 Å². The molecule has 1 aromatic rings. The Morgan fingerprint density at radius 2 is 0.940 bits per heavy atom. The summed E-state index contributed by atoms with van der Waals surface area (Å²) in [6, 6.07) is -8.96. The van der Waals surface area contributed by atoms with E-state index < -0.39 is 207 Å². The van der Waals surface area contributed by atoms with Crippen LogP contribution in [0.15, 0.2) is 29.3 Å². The number of phenolic OH excluding ortho intramolecular Hbond substituents is 1. The van der Waals surface area contributed by atoms with Gasteiger partial charge in [0.1, 0.15) is 54.1 Å². The number of nitrogens with two attached hydrogens (primary N) is 5. The quantitative estimate of drug-likeness (QED) is 0.0165. The second-order valence-electron chi connectivity index (χ2n) is 19.9. The Bertz CT molecular complexity index is 2530. The van der Waals surface area contributed by atoms with Gasteiger partial charge in [-0.05, 0) is 88.8 Å². The normalized spacial score (nSPS) is 14.5. The molecule has 0 heterocycles. The second kappa shape index (κ2) is 37.0. The van der Waals surface area contributed by atoms with E-state index in [1.165, 1.54) is 24.3 Å². The molecule has 0 unspecified atom stereocenters. The number of aliphatic hydroxyl groups is 1. The van der Waals surface area contributed by atoms with Gasteiger partial charge in [0.15, 0.2) is 5.96 Å². The Labute approximate surface area is 481 Å². The molecular formula is C50H79N15O19. The molecule has 0 saturated carbocycles. The molecule has 0 aliphatic carbocycles. The van der Waals surface area contributed by atoms with E-state index in [2.05, 4.69) is 52.8 Å². The Morgan fingerprint density at radius 3 is 1.36 bits per heavy atom. The summed E-state index contributed by atoms with van der Waals surface area (Å²) < 4.78 is 0. The van der Waals surface area contributed by atoms with E-state index >= 15 is 0 Å². The van der Waals surface area contributed by atoms with Crippen LogP contribution in [0.1, 0.15) is 104 Å². The molecule has 0 saturated heterocycles. The molecule has 11 amide bonds. The van der Waals surface area contributed by atoms with E-state index in [4.69, 9.17) is 28.7 Å². The first-order chi connectivity index (χ1) is 39.2. The molecule has 0 fully saturated rings. The van der Waals surface area contributed by atoms with Crippen molar-refractivity contribution in [3.05, 3.63) is 29.8 Å². The summed E-state index contributed by atoms with van der Waals surface area (Å²) in [5.41, 5.74) is 27.8. The standard InChI is InChI=1S/C50H79N15O19/c1-23(2)20-34(64-45(79)32(14-18-39(73)74)62-44(78)31(13-17-38(71)72)60-42(76)28(51)21-26-7-9-27(67)10-8-26)47(81)63-29(11-15-35(52)68)43(77)61-30(12-16-36(53)69)46(80)65-40(25(4)66)48(82)58-24(3)41(75)57-22-37(70)59-33(49(83)84)6-5-19-56-50(54)55/h7-10,23-25,28-34,40,66-67H,5-6,11-22,51H2,1-4H3,(H2,52,68)(H2,53,69)(H,57,75)(H,58,82)(H,59,70)(H,60,76)(H,61,77)(H,62,78)(H,63,81)(H,64,79)(H,65,80)(H,71,72)(H,73,74)(H,83,84)(H4,54,55,56)/t24-,25+,28-,29-,30-,31-,32-,33-,34-,40-/m0/s1. The zero-order valence-electron chi connectivity index (χ0n) is 46.8. The van der Waals surface area contributed by atoms with Crippen LogP contribution in [0, 0.1) is 5.92 Å². The maximum atomic E-state index is 14.1. The fourth-order valence-electron chi connectivity index (χ4n) is 7.59. The summed E-state index contributed by atoms with van der Waals surface area (Å²) in [6.07, 6.45) is -6.75. The SMILES string of the molecule is CC(C)C[C@H](NC(=O)[C@H](CCC(=O)O)NC(=O)[C@H](CCC(=O)O)NC(=O)[C@@H](N)Cc1ccc(O)cc1)C(=O)N[C@@H](CCC(N)=O)C(=O)N[C@@H](CCC(N)=O)C(=O)N[C@H](C(=O)N[C@@H](C)C(=O)NCC(=O)N[C@@H](CCCN=C(N)N)C(=O)O)[C@@H](C)O. The fourth-order valence-corrected chi connectivity index (χ4v) is 7.59. The van der Waals surface area contributed by atoms with Crippen LogP contribution < -0.4 is 76.5 Å². The number of hydrogen-bond acceptors (Lipinski definition) is 18. The molecule has 0 aromatic heterocycles. The Balaban J connectivity index is 3.38. The molecule has 1 rings (SSSR count). The van der Waals surface area contributed by atoms with Crippen LogP contribution in [0.3, 0.4) is 0 Å². The fraction of sp³-hybridized carbons (Fsp3) is 0.580. The van der Waals surface area contributed by atoms with Crippen LogP contribution >= 0.6 is 0 Å². The van der Waals surface area contributed by atoms with Crippen LogP contribution in [0.4, 0.5) is 0 Å².